The molecule has 1 saturated heterocycles. The Hall–Kier alpha value is -0.530. The minimum atomic E-state index is 0.355. The van der Waals surface area contributed by atoms with Crippen molar-refractivity contribution in [3.05, 3.63) is 0 Å². The second kappa shape index (κ2) is 5.00. The molecule has 0 aliphatic carbocycles. The molecule has 0 bridgehead atoms. The Morgan fingerprint density at radius 3 is 2.60 bits per heavy atom. The highest BCUT2D eigenvalue weighted by atomic mass is 16.2. The van der Waals surface area contributed by atoms with Crippen molar-refractivity contribution in [1.29, 1.82) is 0 Å². The van der Waals surface area contributed by atoms with Crippen LogP contribution in [0.4, 0.5) is 0 Å². The molecule has 1 aliphatic heterocycles. The van der Waals surface area contributed by atoms with E-state index in [1.807, 2.05) is 0 Å². The highest BCUT2D eigenvalue weighted by Gasteiger charge is 2.28. The molecule has 15 heavy (non-hydrogen) atoms. The minimum Gasteiger partial charge on any atom is -0.342 e. The van der Waals surface area contributed by atoms with E-state index in [0.29, 0.717) is 11.3 Å². The van der Waals surface area contributed by atoms with Crippen LogP contribution in [0.3, 0.4) is 0 Å². The first-order valence-electron chi connectivity index (χ1n) is 6.20. The second-order valence-corrected chi connectivity index (χ2v) is 6.01. The molecule has 0 aromatic carbocycles. The van der Waals surface area contributed by atoms with Crippen LogP contribution in [0.5, 0.6) is 0 Å². The number of rotatable bonds is 3. The summed E-state index contributed by atoms with van der Waals surface area (Å²) in [5.41, 5.74) is 0.397. The molecule has 2 nitrogen and oxygen atoms in total. The van der Waals surface area contributed by atoms with Crippen molar-refractivity contribution in [2.45, 2.75) is 53.4 Å². The molecule has 0 N–H and O–H groups in total. The lowest BCUT2D eigenvalue weighted by Crippen LogP contribution is -2.28. The number of likely N-dealkylation sites (tertiary alicyclic amines) is 1. The van der Waals surface area contributed by atoms with Gasteiger partial charge in [0.1, 0.15) is 0 Å². The van der Waals surface area contributed by atoms with Crippen LogP contribution in [0, 0.1) is 11.3 Å². The molecule has 1 aliphatic rings. The van der Waals surface area contributed by atoms with E-state index < -0.39 is 0 Å². The Labute approximate surface area is 94.0 Å². The third-order valence-corrected chi connectivity index (χ3v) is 3.00. The fraction of sp³-hybridized carbons (Fsp3) is 0.923. The van der Waals surface area contributed by atoms with Crippen LogP contribution in [-0.2, 0) is 4.79 Å². The van der Waals surface area contributed by atoms with Gasteiger partial charge in [-0.3, -0.25) is 4.79 Å². The van der Waals surface area contributed by atoms with Gasteiger partial charge in [-0.05, 0) is 30.6 Å². The number of nitrogens with zero attached hydrogens (tertiary/aromatic N) is 1. The summed E-state index contributed by atoms with van der Waals surface area (Å²) in [7, 11) is 0. The summed E-state index contributed by atoms with van der Waals surface area (Å²) < 4.78 is 0. The zero-order valence-corrected chi connectivity index (χ0v) is 10.7. The molecule has 1 fully saturated rings. The van der Waals surface area contributed by atoms with Crippen LogP contribution in [0.1, 0.15) is 53.4 Å². The Morgan fingerprint density at radius 1 is 1.40 bits per heavy atom. The zero-order chi connectivity index (χ0) is 11.5. The van der Waals surface area contributed by atoms with E-state index in [0.717, 1.165) is 31.8 Å². The van der Waals surface area contributed by atoms with Gasteiger partial charge in [-0.2, -0.15) is 0 Å². The maximum Gasteiger partial charge on any atom is 0.222 e. The van der Waals surface area contributed by atoms with Gasteiger partial charge in [0, 0.05) is 19.5 Å². The summed E-state index contributed by atoms with van der Waals surface area (Å²) in [5.74, 6) is 1.08. The van der Waals surface area contributed by atoms with Crippen molar-refractivity contribution < 1.29 is 4.79 Å². The fourth-order valence-corrected chi connectivity index (χ4v) is 2.46. The average molecular weight is 211 g/mol. The molecule has 1 amide bonds. The largest absolute Gasteiger partial charge is 0.342 e. The quantitative estimate of drug-likeness (QED) is 0.702. The van der Waals surface area contributed by atoms with Gasteiger partial charge in [0.2, 0.25) is 5.91 Å². The first-order chi connectivity index (χ1) is 6.92. The maximum atomic E-state index is 11.7. The van der Waals surface area contributed by atoms with Gasteiger partial charge in [-0.1, -0.05) is 27.7 Å². The topological polar surface area (TPSA) is 20.3 Å². The molecule has 0 aromatic rings. The summed E-state index contributed by atoms with van der Waals surface area (Å²) in [4.78, 5) is 13.7. The molecular formula is C13H25NO. The fourth-order valence-electron chi connectivity index (χ4n) is 2.46. The monoisotopic (exact) mass is 211 g/mol. The summed E-state index contributed by atoms with van der Waals surface area (Å²) >= 11 is 0. The van der Waals surface area contributed by atoms with Crippen molar-refractivity contribution in [1.82, 2.24) is 4.90 Å². The molecule has 0 saturated carbocycles. The van der Waals surface area contributed by atoms with Gasteiger partial charge in [-0.25, -0.2) is 0 Å². The Morgan fingerprint density at radius 2 is 2.07 bits per heavy atom. The van der Waals surface area contributed by atoms with E-state index in [4.69, 9.17) is 0 Å². The predicted octanol–water partition coefficient (Wildman–Crippen LogP) is 3.07. The SMILES string of the molecule is CCCC(=O)N1CCC(CC(C)(C)C)C1. The lowest BCUT2D eigenvalue weighted by molar-refractivity contribution is -0.130. The van der Waals surface area contributed by atoms with E-state index in [2.05, 4.69) is 32.6 Å². The summed E-state index contributed by atoms with van der Waals surface area (Å²) in [5, 5.41) is 0. The van der Waals surface area contributed by atoms with Crippen molar-refractivity contribution in [3.8, 4) is 0 Å². The number of carbonyl (C=O) groups excluding carboxylic acids is 1. The summed E-state index contributed by atoms with van der Waals surface area (Å²) in [6.07, 6.45) is 4.14. The van der Waals surface area contributed by atoms with Crippen LogP contribution < -0.4 is 0 Å². The molecule has 1 heterocycles. The van der Waals surface area contributed by atoms with Crippen molar-refractivity contribution in [2.24, 2.45) is 11.3 Å². The molecule has 0 radical (unpaired) electrons. The van der Waals surface area contributed by atoms with E-state index in [1.54, 1.807) is 0 Å². The molecule has 0 spiro atoms. The zero-order valence-electron chi connectivity index (χ0n) is 10.7. The molecule has 2 heteroatoms. The van der Waals surface area contributed by atoms with E-state index in [-0.39, 0.29) is 0 Å². The van der Waals surface area contributed by atoms with Crippen LogP contribution in [-0.4, -0.2) is 23.9 Å². The molecule has 1 rings (SSSR count). The molecule has 0 aromatic heterocycles. The number of hydrogen-bond donors (Lipinski definition) is 0. The minimum absolute atomic E-state index is 0.355. The van der Waals surface area contributed by atoms with Crippen LogP contribution in [0.25, 0.3) is 0 Å². The molecule has 88 valence electrons. The summed E-state index contributed by atoms with van der Waals surface area (Å²) in [6.45, 7) is 10.9. The standard InChI is InChI=1S/C13H25NO/c1-5-6-12(15)14-8-7-11(10-14)9-13(2,3)4/h11H,5-10H2,1-4H3. The van der Waals surface area contributed by atoms with E-state index >= 15 is 0 Å². The predicted molar refractivity (Wildman–Crippen MR) is 63.7 cm³/mol. The van der Waals surface area contributed by atoms with Crippen molar-refractivity contribution in [3.63, 3.8) is 0 Å². The molecule has 1 atom stereocenters. The van der Waals surface area contributed by atoms with Gasteiger partial charge < -0.3 is 4.90 Å². The number of amides is 1. The normalized spacial score (nSPS) is 22.1. The lowest BCUT2D eigenvalue weighted by Gasteiger charge is -2.23. The number of carbonyl (C=O) groups is 1. The maximum absolute atomic E-state index is 11.7. The third-order valence-electron chi connectivity index (χ3n) is 3.00. The van der Waals surface area contributed by atoms with Crippen molar-refractivity contribution in [2.75, 3.05) is 13.1 Å². The number of hydrogen-bond acceptors (Lipinski definition) is 1. The van der Waals surface area contributed by atoms with Gasteiger partial charge in [0.15, 0.2) is 0 Å². The molecular weight excluding hydrogens is 186 g/mol. The first-order valence-corrected chi connectivity index (χ1v) is 6.20. The highest BCUT2D eigenvalue weighted by Crippen LogP contribution is 2.30. The highest BCUT2D eigenvalue weighted by molar-refractivity contribution is 5.76. The third kappa shape index (κ3) is 4.23. The van der Waals surface area contributed by atoms with Crippen LogP contribution >= 0.6 is 0 Å². The van der Waals surface area contributed by atoms with Gasteiger partial charge in [-0.15, -0.1) is 0 Å². The Balaban J connectivity index is 2.36. The van der Waals surface area contributed by atoms with Gasteiger partial charge in [0.25, 0.3) is 0 Å². The average Bonchev–Trinajstić information content (AvgIpc) is 2.50. The molecule has 1 unspecified atom stereocenters. The van der Waals surface area contributed by atoms with Crippen LogP contribution in [0.2, 0.25) is 0 Å². The first kappa shape index (κ1) is 12.5. The van der Waals surface area contributed by atoms with Gasteiger partial charge in [0.05, 0.1) is 0 Å². The Bertz CT molecular complexity index is 217. The van der Waals surface area contributed by atoms with E-state index in [1.165, 1.54) is 12.8 Å². The van der Waals surface area contributed by atoms with Crippen LogP contribution in [0.15, 0.2) is 0 Å². The summed E-state index contributed by atoms with van der Waals surface area (Å²) in [6, 6.07) is 0. The smallest absolute Gasteiger partial charge is 0.222 e. The second-order valence-electron chi connectivity index (χ2n) is 6.01. The lowest BCUT2D eigenvalue weighted by atomic mass is 9.84. The van der Waals surface area contributed by atoms with E-state index in [9.17, 15) is 4.79 Å². The van der Waals surface area contributed by atoms with Crippen molar-refractivity contribution >= 4 is 5.91 Å². The van der Waals surface area contributed by atoms with Gasteiger partial charge >= 0.3 is 0 Å². The Kier molecular flexibility index (Phi) is 4.18.